The molecule has 0 saturated carbocycles. The van der Waals surface area contributed by atoms with Crippen LogP contribution in [0.4, 0.5) is 4.39 Å². The van der Waals surface area contributed by atoms with Crippen molar-refractivity contribution in [1.82, 2.24) is 0 Å². The first-order valence-electron chi connectivity index (χ1n) is 2.69. The zero-order chi connectivity index (χ0) is 6.69. The average Bonchev–Trinajstić information content (AvgIpc) is 1.90. The third-order valence-electron chi connectivity index (χ3n) is 1.07. The smallest absolute Gasteiger partial charge is 0.131 e. The van der Waals surface area contributed by atoms with Crippen molar-refractivity contribution in [2.45, 2.75) is 6.54 Å². The van der Waals surface area contributed by atoms with Crippen LogP contribution in [0.2, 0.25) is 0 Å². The van der Waals surface area contributed by atoms with Gasteiger partial charge in [-0.25, -0.2) is 4.39 Å². The Balaban J connectivity index is 2.88. The van der Waals surface area contributed by atoms with Crippen LogP contribution < -0.4 is 5.73 Å². The summed E-state index contributed by atoms with van der Waals surface area (Å²) in [4.78, 5) is 0. The van der Waals surface area contributed by atoms with Crippen LogP contribution in [0.15, 0.2) is 18.2 Å². The van der Waals surface area contributed by atoms with Crippen LogP contribution in [-0.4, -0.2) is 0 Å². The Bertz CT molecular complexity index is 181. The minimum Gasteiger partial charge on any atom is -0.326 e. The molecule has 1 aromatic carbocycles. The number of benzene rings is 1. The van der Waals surface area contributed by atoms with E-state index in [1.165, 1.54) is 6.07 Å². The molecule has 0 aliphatic carbocycles. The second-order valence-corrected chi connectivity index (χ2v) is 1.75. The summed E-state index contributed by atoms with van der Waals surface area (Å²) in [5, 5.41) is 0. The molecule has 0 fully saturated rings. The summed E-state index contributed by atoms with van der Waals surface area (Å²) in [6, 6.07) is 6.95. The van der Waals surface area contributed by atoms with Crippen molar-refractivity contribution in [3.8, 4) is 0 Å². The van der Waals surface area contributed by atoms with E-state index >= 15 is 0 Å². The quantitative estimate of drug-likeness (QED) is 0.595. The van der Waals surface area contributed by atoms with E-state index in [1.54, 1.807) is 12.1 Å². The van der Waals surface area contributed by atoms with Crippen LogP contribution in [0, 0.1) is 11.9 Å². The first-order chi connectivity index (χ1) is 4.33. The summed E-state index contributed by atoms with van der Waals surface area (Å²) in [6.45, 7) is 0.441. The van der Waals surface area contributed by atoms with Gasteiger partial charge >= 0.3 is 0 Å². The van der Waals surface area contributed by atoms with Crippen LogP contribution in [0.5, 0.6) is 0 Å². The molecule has 9 heavy (non-hydrogen) atoms. The number of hydrogen-bond donors (Lipinski definition) is 1. The fraction of sp³-hybridized carbons (Fsp3) is 0.143. The van der Waals surface area contributed by atoms with Crippen molar-refractivity contribution >= 4 is 0 Å². The zero-order valence-corrected chi connectivity index (χ0v) is 4.89. The highest BCUT2D eigenvalue weighted by atomic mass is 19.1. The summed E-state index contributed by atoms with van der Waals surface area (Å²) in [5.41, 5.74) is 6.16. The fourth-order valence-corrected chi connectivity index (χ4v) is 0.565. The van der Waals surface area contributed by atoms with Gasteiger partial charge < -0.3 is 5.73 Å². The molecule has 0 heterocycles. The van der Waals surface area contributed by atoms with Gasteiger partial charge in [0.1, 0.15) is 5.82 Å². The van der Waals surface area contributed by atoms with E-state index in [1.807, 2.05) is 0 Å². The van der Waals surface area contributed by atoms with Crippen LogP contribution in [0.3, 0.4) is 0 Å². The Kier molecular flexibility index (Phi) is 1.80. The number of halogens is 1. The molecule has 0 aliphatic heterocycles. The maximum Gasteiger partial charge on any atom is 0.131 e. The summed E-state index contributed by atoms with van der Waals surface area (Å²) >= 11 is 0. The lowest BCUT2D eigenvalue weighted by Gasteiger charge is -1.91. The summed E-state index contributed by atoms with van der Waals surface area (Å²) in [7, 11) is 0. The molecule has 0 aliphatic rings. The molecule has 47 valence electrons. The topological polar surface area (TPSA) is 26.0 Å². The number of nitrogens with two attached hydrogens (primary N) is 1. The predicted molar refractivity (Wildman–Crippen MR) is 33.1 cm³/mol. The molecular formula is C7H7FN. The van der Waals surface area contributed by atoms with Gasteiger partial charge in [-0.3, -0.25) is 0 Å². The third kappa shape index (κ3) is 1.50. The largest absolute Gasteiger partial charge is 0.326 e. The molecule has 0 amide bonds. The molecule has 0 saturated heterocycles. The van der Waals surface area contributed by atoms with Gasteiger partial charge in [0.2, 0.25) is 0 Å². The van der Waals surface area contributed by atoms with Gasteiger partial charge in [-0.1, -0.05) is 6.07 Å². The molecule has 0 aromatic heterocycles. The zero-order valence-electron chi connectivity index (χ0n) is 4.89. The van der Waals surface area contributed by atoms with Crippen molar-refractivity contribution in [2.24, 2.45) is 5.73 Å². The Labute approximate surface area is 53.3 Å². The maximum absolute atomic E-state index is 12.1. The minimum absolute atomic E-state index is 0.341. The van der Waals surface area contributed by atoms with E-state index in [4.69, 9.17) is 5.73 Å². The SMILES string of the molecule is NCc1c[c]c(F)cc1. The highest BCUT2D eigenvalue weighted by molar-refractivity contribution is 5.14. The molecule has 0 atom stereocenters. The summed E-state index contributed by atoms with van der Waals surface area (Å²) in [5.74, 6) is -0.341. The van der Waals surface area contributed by atoms with E-state index in [2.05, 4.69) is 6.07 Å². The molecule has 2 N–H and O–H groups in total. The van der Waals surface area contributed by atoms with E-state index in [-0.39, 0.29) is 5.82 Å². The van der Waals surface area contributed by atoms with E-state index < -0.39 is 0 Å². The van der Waals surface area contributed by atoms with E-state index in [9.17, 15) is 4.39 Å². The van der Waals surface area contributed by atoms with Gasteiger partial charge in [-0.2, -0.15) is 0 Å². The van der Waals surface area contributed by atoms with E-state index in [0.29, 0.717) is 6.54 Å². The number of hydrogen-bond acceptors (Lipinski definition) is 1. The van der Waals surface area contributed by atoms with Crippen LogP contribution in [0.1, 0.15) is 5.56 Å². The highest BCUT2D eigenvalue weighted by Gasteiger charge is 1.88. The lowest BCUT2D eigenvalue weighted by Crippen LogP contribution is -1.95. The second-order valence-electron chi connectivity index (χ2n) is 1.75. The molecule has 1 radical (unpaired) electrons. The molecule has 1 rings (SSSR count). The Morgan fingerprint density at radius 2 is 2.33 bits per heavy atom. The second kappa shape index (κ2) is 2.60. The third-order valence-corrected chi connectivity index (χ3v) is 1.07. The normalized spacial score (nSPS) is 9.56. The van der Waals surface area contributed by atoms with Gasteiger partial charge in [0, 0.05) is 12.6 Å². The Hall–Kier alpha value is -0.890. The van der Waals surface area contributed by atoms with Gasteiger partial charge in [0.05, 0.1) is 0 Å². The fourth-order valence-electron chi connectivity index (χ4n) is 0.565. The van der Waals surface area contributed by atoms with Crippen molar-refractivity contribution in [1.29, 1.82) is 0 Å². The molecule has 2 heteroatoms. The Morgan fingerprint density at radius 1 is 1.56 bits per heavy atom. The maximum atomic E-state index is 12.1. The molecule has 0 unspecified atom stereocenters. The van der Waals surface area contributed by atoms with E-state index in [0.717, 1.165) is 5.56 Å². The van der Waals surface area contributed by atoms with Gasteiger partial charge in [-0.05, 0) is 17.7 Å². The Morgan fingerprint density at radius 3 is 2.78 bits per heavy atom. The first-order valence-corrected chi connectivity index (χ1v) is 2.69. The van der Waals surface area contributed by atoms with Crippen molar-refractivity contribution in [3.63, 3.8) is 0 Å². The van der Waals surface area contributed by atoms with Gasteiger partial charge in [0.15, 0.2) is 0 Å². The minimum atomic E-state index is -0.341. The van der Waals surface area contributed by atoms with Crippen LogP contribution >= 0.6 is 0 Å². The summed E-state index contributed by atoms with van der Waals surface area (Å²) < 4.78 is 12.1. The summed E-state index contributed by atoms with van der Waals surface area (Å²) in [6.07, 6.45) is 0. The van der Waals surface area contributed by atoms with Crippen molar-refractivity contribution in [3.05, 3.63) is 35.6 Å². The highest BCUT2D eigenvalue weighted by Crippen LogP contribution is 1.99. The number of rotatable bonds is 1. The molecule has 1 aromatic rings. The lowest BCUT2D eigenvalue weighted by molar-refractivity contribution is 0.624. The molecule has 0 spiro atoms. The van der Waals surface area contributed by atoms with Crippen molar-refractivity contribution in [2.75, 3.05) is 0 Å². The standard InChI is InChI=1S/C7H7FN/c8-7-3-1-6(5-9)2-4-7/h1-3H,5,9H2. The van der Waals surface area contributed by atoms with Crippen LogP contribution in [-0.2, 0) is 6.54 Å². The monoisotopic (exact) mass is 124 g/mol. The predicted octanol–water partition coefficient (Wildman–Crippen LogP) is 1.08. The molecular weight excluding hydrogens is 117 g/mol. The average molecular weight is 124 g/mol. The van der Waals surface area contributed by atoms with Crippen LogP contribution in [0.25, 0.3) is 0 Å². The van der Waals surface area contributed by atoms with Gasteiger partial charge in [0.25, 0.3) is 0 Å². The van der Waals surface area contributed by atoms with Crippen molar-refractivity contribution < 1.29 is 4.39 Å². The molecule has 1 nitrogen and oxygen atoms in total. The lowest BCUT2D eigenvalue weighted by atomic mass is 10.2. The first kappa shape index (κ1) is 6.23. The van der Waals surface area contributed by atoms with Gasteiger partial charge in [-0.15, -0.1) is 0 Å². The molecule has 0 bridgehead atoms.